The zero-order valence-electron chi connectivity index (χ0n) is 12.2. The van der Waals surface area contributed by atoms with Gasteiger partial charge in [0.15, 0.2) is 0 Å². The first-order valence-electron chi connectivity index (χ1n) is 6.72. The van der Waals surface area contributed by atoms with Crippen LogP contribution in [0.4, 0.5) is 0 Å². The lowest BCUT2D eigenvalue weighted by molar-refractivity contribution is -0.122. The molecule has 1 amide bonds. The highest BCUT2D eigenvalue weighted by Gasteiger charge is 2.13. The quantitative estimate of drug-likeness (QED) is 0.860. The van der Waals surface area contributed by atoms with Crippen LogP contribution in [0, 0.1) is 6.92 Å². The largest absolute Gasteiger partial charge is 0.348 e. The van der Waals surface area contributed by atoms with Crippen LogP contribution >= 0.6 is 15.9 Å². The predicted molar refractivity (Wildman–Crippen MR) is 86.8 cm³/mol. The summed E-state index contributed by atoms with van der Waals surface area (Å²) in [6, 6.07) is 7.60. The normalized spacial score (nSPS) is 12.0. The van der Waals surface area contributed by atoms with Crippen molar-refractivity contribution in [1.29, 1.82) is 0 Å². The number of hydrogen-bond acceptors (Lipinski definition) is 3. The van der Waals surface area contributed by atoms with Crippen LogP contribution in [0.15, 0.2) is 44.5 Å². The fraction of sp³-hybridized carbons (Fsp3) is 0.267. The van der Waals surface area contributed by atoms with E-state index in [1.807, 2.05) is 38.1 Å². The second kappa shape index (κ2) is 6.74. The molecule has 0 unspecified atom stereocenters. The van der Waals surface area contributed by atoms with Crippen molar-refractivity contribution < 1.29 is 4.79 Å². The number of aromatic amines is 1. The van der Waals surface area contributed by atoms with Crippen LogP contribution in [0.5, 0.6) is 0 Å². The molecule has 7 heteroatoms. The molecule has 2 aromatic rings. The first-order valence-corrected chi connectivity index (χ1v) is 7.52. The number of halogens is 1. The molecule has 0 radical (unpaired) electrons. The van der Waals surface area contributed by atoms with Gasteiger partial charge in [0, 0.05) is 6.20 Å². The highest BCUT2D eigenvalue weighted by atomic mass is 79.9. The lowest BCUT2D eigenvalue weighted by Crippen LogP contribution is -2.36. The molecule has 2 rings (SSSR count). The Labute approximate surface area is 135 Å². The molecule has 116 valence electrons. The van der Waals surface area contributed by atoms with Crippen molar-refractivity contribution in [1.82, 2.24) is 14.9 Å². The van der Waals surface area contributed by atoms with E-state index in [4.69, 9.17) is 0 Å². The van der Waals surface area contributed by atoms with E-state index >= 15 is 0 Å². The lowest BCUT2D eigenvalue weighted by atomic mass is 10.0. The standard InChI is InChI=1S/C15H16BrN3O3/c1-9-5-3-4-6-11(9)10(2)17-13(20)8-19-7-12(16)14(21)18-15(19)22/h3-7,10H,8H2,1-2H3,(H,17,20)(H,18,21,22)/t10-/m0/s1. The van der Waals surface area contributed by atoms with Gasteiger partial charge in [-0.1, -0.05) is 24.3 Å². The van der Waals surface area contributed by atoms with Gasteiger partial charge >= 0.3 is 5.69 Å². The Morgan fingerprint density at radius 2 is 2.05 bits per heavy atom. The van der Waals surface area contributed by atoms with E-state index in [-0.39, 0.29) is 23.0 Å². The molecule has 1 aromatic heterocycles. The summed E-state index contributed by atoms with van der Waals surface area (Å²) < 4.78 is 1.35. The number of hydrogen-bond donors (Lipinski definition) is 2. The van der Waals surface area contributed by atoms with E-state index < -0.39 is 11.2 Å². The molecule has 2 N–H and O–H groups in total. The number of carbonyl (C=O) groups excluding carboxylic acids is 1. The molecular weight excluding hydrogens is 350 g/mol. The van der Waals surface area contributed by atoms with Gasteiger partial charge < -0.3 is 5.32 Å². The Morgan fingerprint density at radius 3 is 2.73 bits per heavy atom. The number of rotatable bonds is 4. The highest BCUT2D eigenvalue weighted by molar-refractivity contribution is 9.10. The summed E-state index contributed by atoms with van der Waals surface area (Å²) in [5.41, 5.74) is 0.965. The van der Waals surface area contributed by atoms with E-state index in [2.05, 4.69) is 26.2 Å². The molecule has 0 saturated carbocycles. The highest BCUT2D eigenvalue weighted by Crippen LogP contribution is 2.16. The molecule has 1 heterocycles. The molecule has 1 aromatic carbocycles. The molecule has 22 heavy (non-hydrogen) atoms. The zero-order chi connectivity index (χ0) is 16.3. The van der Waals surface area contributed by atoms with Gasteiger partial charge in [-0.3, -0.25) is 19.1 Å². The molecule has 0 spiro atoms. The zero-order valence-corrected chi connectivity index (χ0v) is 13.8. The summed E-state index contributed by atoms with van der Waals surface area (Å²) in [4.78, 5) is 37.1. The van der Waals surface area contributed by atoms with E-state index in [0.717, 1.165) is 15.7 Å². The maximum absolute atomic E-state index is 12.1. The fourth-order valence-corrected chi connectivity index (χ4v) is 2.54. The van der Waals surface area contributed by atoms with Crippen LogP contribution in [0.3, 0.4) is 0 Å². The van der Waals surface area contributed by atoms with Crippen molar-refractivity contribution >= 4 is 21.8 Å². The van der Waals surface area contributed by atoms with Crippen molar-refractivity contribution in [2.75, 3.05) is 0 Å². The van der Waals surface area contributed by atoms with Crippen LogP contribution in [-0.2, 0) is 11.3 Å². The number of benzene rings is 1. The third-order valence-electron chi connectivity index (χ3n) is 3.31. The second-order valence-corrected chi connectivity index (χ2v) is 5.86. The molecule has 0 saturated heterocycles. The molecule has 6 nitrogen and oxygen atoms in total. The van der Waals surface area contributed by atoms with Gasteiger partial charge in [0.05, 0.1) is 10.5 Å². The Bertz CT molecular complexity index is 810. The third-order valence-corrected chi connectivity index (χ3v) is 3.88. The maximum atomic E-state index is 12.1. The van der Waals surface area contributed by atoms with Crippen molar-refractivity contribution in [3.63, 3.8) is 0 Å². The Balaban J connectivity index is 2.11. The first-order chi connectivity index (χ1) is 10.4. The summed E-state index contributed by atoms with van der Waals surface area (Å²) in [7, 11) is 0. The summed E-state index contributed by atoms with van der Waals surface area (Å²) in [6.07, 6.45) is 1.30. The van der Waals surface area contributed by atoms with E-state index in [0.29, 0.717) is 0 Å². The minimum absolute atomic E-state index is 0.162. The summed E-state index contributed by atoms with van der Waals surface area (Å²) in [5, 5.41) is 2.84. The van der Waals surface area contributed by atoms with E-state index in [1.165, 1.54) is 6.20 Å². The van der Waals surface area contributed by atoms with Crippen LogP contribution < -0.4 is 16.6 Å². The van der Waals surface area contributed by atoms with Gasteiger partial charge in [-0.15, -0.1) is 0 Å². The number of H-pyrrole nitrogens is 1. The van der Waals surface area contributed by atoms with Crippen molar-refractivity contribution in [3.8, 4) is 0 Å². The number of amides is 1. The second-order valence-electron chi connectivity index (χ2n) is 5.01. The van der Waals surface area contributed by atoms with Crippen LogP contribution in [-0.4, -0.2) is 15.5 Å². The molecule has 0 fully saturated rings. The molecule has 0 aliphatic heterocycles. The number of aromatic nitrogens is 2. The molecule has 0 bridgehead atoms. The summed E-state index contributed by atoms with van der Waals surface area (Å²) in [6.45, 7) is 3.69. The average Bonchev–Trinajstić information content (AvgIpc) is 2.45. The topological polar surface area (TPSA) is 84.0 Å². The van der Waals surface area contributed by atoms with Crippen molar-refractivity contribution in [3.05, 3.63) is 66.9 Å². The third kappa shape index (κ3) is 3.73. The SMILES string of the molecule is Cc1ccccc1[C@H](C)NC(=O)Cn1cc(Br)c(=O)[nH]c1=O. The van der Waals surface area contributed by atoms with Gasteiger partial charge in [0.25, 0.3) is 5.56 Å². The van der Waals surface area contributed by atoms with Gasteiger partial charge in [-0.25, -0.2) is 4.79 Å². The Hall–Kier alpha value is -2.15. The lowest BCUT2D eigenvalue weighted by Gasteiger charge is -2.17. The maximum Gasteiger partial charge on any atom is 0.328 e. The first kappa shape index (κ1) is 16.2. The van der Waals surface area contributed by atoms with E-state index in [9.17, 15) is 14.4 Å². The smallest absolute Gasteiger partial charge is 0.328 e. The monoisotopic (exact) mass is 365 g/mol. The van der Waals surface area contributed by atoms with Gasteiger partial charge in [-0.05, 0) is 40.9 Å². The minimum Gasteiger partial charge on any atom is -0.348 e. The molecule has 0 aliphatic carbocycles. The van der Waals surface area contributed by atoms with Gasteiger partial charge in [-0.2, -0.15) is 0 Å². The van der Waals surface area contributed by atoms with Crippen LogP contribution in [0.1, 0.15) is 24.1 Å². The summed E-state index contributed by atoms with van der Waals surface area (Å²) in [5.74, 6) is -0.309. The van der Waals surface area contributed by atoms with Gasteiger partial charge in [0.1, 0.15) is 6.54 Å². The minimum atomic E-state index is -0.619. The predicted octanol–water partition coefficient (Wildman–Crippen LogP) is 1.48. The van der Waals surface area contributed by atoms with E-state index in [1.54, 1.807) is 0 Å². The average molecular weight is 366 g/mol. The van der Waals surface area contributed by atoms with Crippen molar-refractivity contribution in [2.24, 2.45) is 0 Å². The number of carbonyl (C=O) groups is 1. The van der Waals surface area contributed by atoms with Crippen LogP contribution in [0.25, 0.3) is 0 Å². The molecule has 0 aliphatic rings. The van der Waals surface area contributed by atoms with Crippen molar-refractivity contribution in [2.45, 2.75) is 26.4 Å². The number of aryl methyl sites for hydroxylation is 1. The number of nitrogens with one attached hydrogen (secondary N) is 2. The Morgan fingerprint density at radius 1 is 1.36 bits per heavy atom. The number of nitrogens with zero attached hydrogens (tertiary/aromatic N) is 1. The molecular formula is C15H16BrN3O3. The molecule has 1 atom stereocenters. The fourth-order valence-electron chi connectivity index (χ4n) is 2.19. The van der Waals surface area contributed by atoms with Crippen LogP contribution in [0.2, 0.25) is 0 Å². The Kier molecular flexibility index (Phi) is 4.97. The van der Waals surface area contributed by atoms with Gasteiger partial charge in [0.2, 0.25) is 5.91 Å². The summed E-state index contributed by atoms with van der Waals surface area (Å²) >= 11 is 3.03.